The largest absolute Gasteiger partial charge is 0.506 e. The third kappa shape index (κ3) is 4.32. The average Bonchev–Trinajstić information content (AvgIpc) is 2.41. The van der Waals surface area contributed by atoms with Crippen LogP contribution in [0.1, 0.15) is 18.0 Å². The van der Waals surface area contributed by atoms with E-state index in [0.29, 0.717) is 10.9 Å². The molecule has 0 aromatic heterocycles. The zero-order chi connectivity index (χ0) is 13.8. The first-order valence-corrected chi connectivity index (χ1v) is 7.95. The highest BCUT2D eigenvalue weighted by molar-refractivity contribution is 9.11. The summed E-state index contributed by atoms with van der Waals surface area (Å²) < 4.78 is 1.60. The summed E-state index contributed by atoms with van der Waals surface area (Å²) in [5, 5.41) is 22.9. The van der Waals surface area contributed by atoms with E-state index in [9.17, 15) is 10.2 Å². The maximum absolute atomic E-state index is 10.3. The molecule has 0 amide bonds. The molecule has 1 atom stereocenters. The van der Waals surface area contributed by atoms with E-state index in [4.69, 9.17) is 0 Å². The first-order valence-electron chi connectivity index (χ1n) is 6.37. The van der Waals surface area contributed by atoms with Gasteiger partial charge in [-0.05, 0) is 34.5 Å². The second kappa shape index (κ2) is 8.56. The molecule has 0 unspecified atom stereocenters. The summed E-state index contributed by atoms with van der Waals surface area (Å²) in [7, 11) is 0. The number of nitrogens with zero attached hydrogens (tertiary/aromatic N) is 1. The summed E-state index contributed by atoms with van der Waals surface area (Å²) in [6.45, 7) is 3.84. The van der Waals surface area contributed by atoms with E-state index in [1.807, 2.05) is 12.1 Å². The monoisotopic (exact) mass is 428 g/mol. The van der Waals surface area contributed by atoms with Crippen LogP contribution in [0.25, 0.3) is 0 Å². The molecular formula is C13H19Br2ClN2O2. The molecule has 114 valence electrons. The first-order chi connectivity index (χ1) is 9.13. The molecule has 0 spiro atoms. The molecule has 3 N–H and O–H groups in total. The molecule has 1 aliphatic heterocycles. The summed E-state index contributed by atoms with van der Waals surface area (Å²) in [6.07, 6.45) is 0.621. The summed E-state index contributed by atoms with van der Waals surface area (Å²) in [4.78, 5) is 2.31. The Balaban J connectivity index is 0.00000200. The summed E-state index contributed by atoms with van der Waals surface area (Å²) in [5.41, 5.74) is 0.859. The highest BCUT2D eigenvalue weighted by Crippen LogP contribution is 2.38. The molecule has 1 aromatic rings. The van der Waals surface area contributed by atoms with Crippen LogP contribution in [0, 0.1) is 0 Å². The van der Waals surface area contributed by atoms with Gasteiger partial charge in [0, 0.05) is 48.9 Å². The van der Waals surface area contributed by atoms with Gasteiger partial charge in [-0.2, -0.15) is 0 Å². The molecule has 1 fully saturated rings. The van der Waals surface area contributed by atoms with Crippen LogP contribution in [-0.2, 0) is 0 Å². The topological polar surface area (TPSA) is 55.7 Å². The van der Waals surface area contributed by atoms with Gasteiger partial charge in [0.1, 0.15) is 5.75 Å². The van der Waals surface area contributed by atoms with Gasteiger partial charge in [-0.25, -0.2) is 0 Å². The van der Waals surface area contributed by atoms with Gasteiger partial charge in [0.2, 0.25) is 0 Å². The summed E-state index contributed by atoms with van der Waals surface area (Å²) in [6, 6.07) is 3.80. The molecule has 0 radical (unpaired) electrons. The molecule has 0 bridgehead atoms. The Morgan fingerprint density at radius 1 is 1.25 bits per heavy atom. The van der Waals surface area contributed by atoms with Crippen molar-refractivity contribution in [2.24, 2.45) is 0 Å². The zero-order valence-corrected chi connectivity index (χ0v) is 15.0. The molecule has 1 aromatic carbocycles. The van der Waals surface area contributed by atoms with E-state index < -0.39 is 0 Å². The maximum atomic E-state index is 10.3. The summed E-state index contributed by atoms with van der Waals surface area (Å²) >= 11 is 6.82. The number of aliphatic hydroxyl groups is 1. The molecule has 1 saturated heterocycles. The fourth-order valence-electron chi connectivity index (χ4n) is 2.49. The average molecular weight is 431 g/mol. The molecule has 7 heteroatoms. The van der Waals surface area contributed by atoms with Crippen molar-refractivity contribution >= 4 is 44.3 Å². The number of halogens is 3. The molecule has 2 rings (SSSR count). The number of aromatic hydroxyl groups is 1. The molecule has 1 aliphatic rings. The SMILES string of the molecule is Cl.OCC[C@H](c1cc(Br)cc(Br)c1O)N1CCNCC1. The van der Waals surface area contributed by atoms with Crippen LogP contribution in [0.3, 0.4) is 0 Å². The van der Waals surface area contributed by atoms with Crippen LogP contribution in [-0.4, -0.2) is 47.9 Å². The van der Waals surface area contributed by atoms with Crippen LogP contribution < -0.4 is 5.32 Å². The second-order valence-electron chi connectivity index (χ2n) is 4.64. The lowest BCUT2D eigenvalue weighted by molar-refractivity contribution is 0.139. The molecular weight excluding hydrogens is 411 g/mol. The number of aliphatic hydroxyl groups excluding tert-OH is 1. The number of nitrogens with one attached hydrogen (secondary N) is 1. The van der Waals surface area contributed by atoms with Gasteiger partial charge in [0.25, 0.3) is 0 Å². The van der Waals surface area contributed by atoms with Crippen LogP contribution in [0.2, 0.25) is 0 Å². The van der Waals surface area contributed by atoms with Gasteiger partial charge >= 0.3 is 0 Å². The van der Waals surface area contributed by atoms with Gasteiger partial charge in [-0.3, -0.25) is 4.90 Å². The lowest BCUT2D eigenvalue weighted by Gasteiger charge is -2.35. The lowest BCUT2D eigenvalue weighted by Crippen LogP contribution is -2.45. The second-order valence-corrected chi connectivity index (χ2v) is 6.41. The van der Waals surface area contributed by atoms with Gasteiger partial charge in [-0.15, -0.1) is 12.4 Å². The minimum absolute atomic E-state index is 0. The number of phenolic OH excluding ortho intramolecular Hbond substituents is 1. The summed E-state index contributed by atoms with van der Waals surface area (Å²) in [5.74, 6) is 0.264. The third-order valence-electron chi connectivity index (χ3n) is 3.41. The van der Waals surface area contributed by atoms with E-state index in [2.05, 4.69) is 42.1 Å². The molecule has 20 heavy (non-hydrogen) atoms. The number of phenols is 1. The highest BCUT2D eigenvalue weighted by Gasteiger charge is 2.25. The number of hydrogen-bond acceptors (Lipinski definition) is 4. The predicted octanol–water partition coefficient (Wildman–Crippen LogP) is 2.67. The quantitative estimate of drug-likeness (QED) is 0.688. The van der Waals surface area contributed by atoms with Crippen molar-refractivity contribution in [1.82, 2.24) is 10.2 Å². The number of benzene rings is 1. The van der Waals surface area contributed by atoms with Crippen LogP contribution in [0.15, 0.2) is 21.1 Å². The Hall–Kier alpha value is 0.150. The first kappa shape index (κ1) is 18.2. The van der Waals surface area contributed by atoms with Crippen molar-refractivity contribution in [3.8, 4) is 5.75 Å². The van der Waals surface area contributed by atoms with Gasteiger partial charge in [0.15, 0.2) is 0 Å². The third-order valence-corrected chi connectivity index (χ3v) is 4.47. The minimum Gasteiger partial charge on any atom is -0.506 e. The predicted molar refractivity (Wildman–Crippen MR) is 89.6 cm³/mol. The number of hydrogen-bond donors (Lipinski definition) is 3. The normalized spacial score (nSPS) is 17.6. The Labute approximate surface area is 142 Å². The fraction of sp³-hybridized carbons (Fsp3) is 0.538. The van der Waals surface area contributed by atoms with E-state index in [0.717, 1.165) is 36.2 Å². The molecule has 0 aliphatic carbocycles. The number of piperazine rings is 1. The minimum atomic E-state index is 0. The molecule has 4 nitrogen and oxygen atoms in total. The van der Waals surface area contributed by atoms with Gasteiger partial charge in [0.05, 0.1) is 4.47 Å². The molecule has 1 heterocycles. The van der Waals surface area contributed by atoms with E-state index in [-0.39, 0.29) is 30.8 Å². The Bertz CT molecular complexity index is 443. The standard InChI is InChI=1S/C13H18Br2N2O2.ClH/c14-9-7-10(13(19)11(15)8-9)12(1-6-18)17-4-2-16-3-5-17;/h7-8,12,16,18-19H,1-6H2;1H/t12-;/m1./s1. The zero-order valence-electron chi connectivity index (χ0n) is 11.0. The van der Waals surface area contributed by atoms with E-state index >= 15 is 0 Å². The maximum Gasteiger partial charge on any atom is 0.134 e. The van der Waals surface area contributed by atoms with Crippen molar-refractivity contribution in [2.75, 3.05) is 32.8 Å². The van der Waals surface area contributed by atoms with Crippen molar-refractivity contribution in [3.05, 3.63) is 26.6 Å². The Morgan fingerprint density at radius 2 is 1.90 bits per heavy atom. The van der Waals surface area contributed by atoms with Crippen molar-refractivity contribution in [3.63, 3.8) is 0 Å². The Morgan fingerprint density at radius 3 is 2.50 bits per heavy atom. The number of rotatable bonds is 4. The highest BCUT2D eigenvalue weighted by atomic mass is 79.9. The van der Waals surface area contributed by atoms with Crippen LogP contribution in [0.4, 0.5) is 0 Å². The van der Waals surface area contributed by atoms with Crippen LogP contribution >= 0.6 is 44.3 Å². The molecule has 0 saturated carbocycles. The van der Waals surface area contributed by atoms with Gasteiger partial charge < -0.3 is 15.5 Å². The lowest BCUT2D eigenvalue weighted by atomic mass is 10.0. The van der Waals surface area contributed by atoms with E-state index in [1.165, 1.54) is 0 Å². The van der Waals surface area contributed by atoms with Crippen molar-refractivity contribution in [1.29, 1.82) is 0 Å². The smallest absolute Gasteiger partial charge is 0.134 e. The van der Waals surface area contributed by atoms with Crippen molar-refractivity contribution in [2.45, 2.75) is 12.5 Å². The Kier molecular flexibility index (Phi) is 7.79. The van der Waals surface area contributed by atoms with Crippen molar-refractivity contribution < 1.29 is 10.2 Å². The fourth-order valence-corrected chi connectivity index (χ4v) is 3.75. The van der Waals surface area contributed by atoms with E-state index in [1.54, 1.807) is 0 Å². The van der Waals surface area contributed by atoms with Gasteiger partial charge in [-0.1, -0.05) is 15.9 Å². The van der Waals surface area contributed by atoms with Crippen LogP contribution in [0.5, 0.6) is 5.75 Å².